The molecule has 0 amide bonds. The highest BCUT2D eigenvalue weighted by Gasteiger charge is 2.50. The van der Waals surface area contributed by atoms with Gasteiger partial charge in [-0.3, -0.25) is 0 Å². The number of anilines is 6. The van der Waals surface area contributed by atoms with E-state index >= 15 is 0 Å². The molecule has 11 rings (SSSR count). The first-order valence-electron chi connectivity index (χ1n) is 24.5. The highest BCUT2D eigenvalue weighted by molar-refractivity contribution is 7.00. The van der Waals surface area contributed by atoms with Gasteiger partial charge < -0.3 is 14.2 Å². The topological polar surface area (TPSA) is 19.6 Å². The van der Waals surface area contributed by atoms with Crippen molar-refractivity contribution in [1.29, 1.82) is 0 Å². The number of hydrogen-bond donors (Lipinski definition) is 0. The molecule has 3 heterocycles. The summed E-state index contributed by atoms with van der Waals surface area (Å²) in [6.45, 7) is 38.4. The second-order valence-corrected chi connectivity index (χ2v) is 25.4. The van der Waals surface area contributed by atoms with Crippen LogP contribution in [0.5, 0.6) is 0 Å². The molecule has 2 aliphatic carbocycles. The zero-order chi connectivity index (χ0) is 46.3. The first-order chi connectivity index (χ1) is 30.3. The van der Waals surface area contributed by atoms with Gasteiger partial charge in [0.15, 0.2) is 5.58 Å². The van der Waals surface area contributed by atoms with Crippen LogP contribution < -0.4 is 26.2 Å². The number of aryl methyl sites for hydroxylation is 2. The van der Waals surface area contributed by atoms with E-state index in [9.17, 15) is 0 Å². The Morgan fingerprint density at radius 1 is 0.492 bits per heavy atom. The normalized spacial score (nSPS) is 18.7. The molecule has 0 unspecified atom stereocenters. The summed E-state index contributed by atoms with van der Waals surface area (Å²) in [6.07, 6.45) is 3.49. The number of benzene rings is 6. The van der Waals surface area contributed by atoms with Gasteiger partial charge in [0.25, 0.3) is 6.71 Å². The van der Waals surface area contributed by atoms with Crippen LogP contribution in [-0.4, -0.2) is 6.71 Å². The molecule has 4 heteroatoms. The molecule has 1 aromatic heterocycles. The standard InChI is InChI=1S/C61H69BN2O/c1-35-19-17-18-20-47(35)64-51-30-38(57(6,7)8)29-50-53(51)62(45-23-22-39-40-28-37(56(3,4)5)21-24-52(40)65-55(39)54(45)64)46-31-42-44(61(15,16)34-60(42,13)14)33-49(46)63(50)48-32-43-41(27-36(48)2)58(9,10)25-26-59(43,11)12/h17-24,27-33H,25-26,34H2,1-16H3. The van der Waals surface area contributed by atoms with Gasteiger partial charge in [0, 0.05) is 39.2 Å². The largest absolute Gasteiger partial charge is 0.454 e. The fourth-order valence-corrected chi connectivity index (χ4v) is 12.9. The van der Waals surface area contributed by atoms with Crippen molar-refractivity contribution in [3.63, 3.8) is 0 Å². The summed E-state index contributed by atoms with van der Waals surface area (Å²) in [6, 6.07) is 36.2. The Kier molecular flexibility index (Phi) is 8.64. The Balaban J connectivity index is 1.31. The van der Waals surface area contributed by atoms with Crippen molar-refractivity contribution in [2.45, 2.75) is 163 Å². The summed E-state index contributed by atoms with van der Waals surface area (Å²) in [7, 11) is 0. The van der Waals surface area contributed by atoms with E-state index in [1.54, 1.807) is 0 Å². The minimum Gasteiger partial charge on any atom is -0.454 e. The molecule has 0 saturated heterocycles. The Morgan fingerprint density at radius 3 is 1.72 bits per heavy atom. The van der Waals surface area contributed by atoms with E-state index in [-0.39, 0.29) is 39.2 Å². The van der Waals surface area contributed by atoms with Crippen molar-refractivity contribution >= 4 is 79.2 Å². The van der Waals surface area contributed by atoms with Gasteiger partial charge in [-0.15, -0.1) is 0 Å². The lowest BCUT2D eigenvalue weighted by Crippen LogP contribution is -2.61. The van der Waals surface area contributed by atoms with Gasteiger partial charge in [-0.05, 0) is 169 Å². The Hall–Kier alpha value is -5.22. The summed E-state index contributed by atoms with van der Waals surface area (Å²) in [5.41, 5.74) is 24.8. The number of hydrogen-bond acceptors (Lipinski definition) is 3. The van der Waals surface area contributed by atoms with Gasteiger partial charge in [-0.2, -0.15) is 0 Å². The molecule has 332 valence electrons. The molecule has 0 bridgehead atoms. The molecule has 2 aliphatic heterocycles. The van der Waals surface area contributed by atoms with Gasteiger partial charge in [0.2, 0.25) is 0 Å². The smallest absolute Gasteiger partial charge is 0.252 e. The molecule has 65 heavy (non-hydrogen) atoms. The molecule has 0 saturated carbocycles. The van der Waals surface area contributed by atoms with Crippen LogP contribution in [0.3, 0.4) is 0 Å². The van der Waals surface area contributed by atoms with Crippen LogP contribution in [0, 0.1) is 13.8 Å². The van der Waals surface area contributed by atoms with Crippen molar-refractivity contribution in [3.05, 3.63) is 136 Å². The third kappa shape index (κ3) is 6.07. The minimum absolute atomic E-state index is 0.0144. The summed E-state index contributed by atoms with van der Waals surface area (Å²) < 4.78 is 7.23. The fraction of sp³-hybridized carbons (Fsp3) is 0.410. The minimum atomic E-state index is -0.125. The van der Waals surface area contributed by atoms with E-state index < -0.39 is 0 Å². The lowest BCUT2D eigenvalue weighted by Gasteiger charge is -2.47. The Bertz CT molecular complexity index is 3190. The molecule has 6 aromatic carbocycles. The van der Waals surface area contributed by atoms with Gasteiger partial charge in [0.1, 0.15) is 5.58 Å². The maximum atomic E-state index is 7.23. The summed E-state index contributed by atoms with van der Waals surface area (Å²) in [5.74, 6) is 0. The van der Waals surface area contributed by atoms with Gasteiger partial charge >= 0.3 is 0 Å². The molecular formula is C61H69BN2O. The second kappa shape index (κ2) is 13.2. The average Bonchev–Trinajstić information content (AvgIpc) is 3.68. The van der Waals surface area contributed by atoms with Crippen LogP contribution in [-0.2, 0) is 32.5 Å². The van der Waals surface area contributed by atoms with E-state index in [4.69, 9.17) is 4.42 Å². The molecular weight excluding hydrogens is 787 g/mol. The lowest BCUT2D eigenvalue weighted by molar-refractivity contribution is 0.332. The molecule has 0 radical (unpaired) electrons. The van der Waals surface area contributed by atoms with Gasteiger partial charge in [0.05, 0.1) is 5.69 Å². The molecule has 0 N–H and O–H groups in total. The fourth-order valence-electron chi connectivity index (χ4n) is 12.9. The Morgan fingerprint density at radius 2 is 1.08 bits per heavy atom. The average molecular weight is 857 g/mol. The van der Waals surface area contributed by atoms with Crippen LogP contribution in [0.15, 0.2) is 95.4 Å². The maximum Gasteiger partial charge on any atom is 0.252 e. The number of para-hydroxylation sites is 1. The summed E-state index contributed by atoms with van der Waals surface area (Å²) >= 11 is 0. The number of furan rings is 1. The third-order valence-corrected chi connectivity index (χ3v) is 16.6. The summed E-state index contributed by atoms with van der Waals surface area (Å²) in [5, 5.41) is 2.35. The first-order valence-corrected chi connectivity index (χ1v) is 24.5. The van der Waals surface area contributed by atoms with Gasteiger partial charge in [-0.25, -0.2) is 0 Å². The number of rotatable bonds is 2. The van der Waals surface area contributed by atoms with Crippen LogP contribution in [0.25, 0.3) is 21.9 Å². The van der Waals surface area contributed by atoms with Gasteiger partial charge in [-0.1, -0.05) is 145 Å². The SMILES string of the molecule is Cc1cc2c(cc1N1c3cc4c(cc3B3c5ccc6c(oc7ccc(C(C)(C)C)cc76)c5N(c5ccccc5C)c5cc(C(C)(C)C)cc1c53)C(C)(C)CC4(C)C)C(C)(C)CCC2(C)C. The zero-order valence-electron chi connectivity index (χ0n) is 42.2. The van der Waals surface area contributed by atoms with E-state index in [1.165, 1.54) is 113 Å². The van der Waals surface area contributed by atoms with E-state index in [0.717, 1.165) is 23.3 Å². The summed E-state index contributed by atoms with van der Waals surface area (Å²) in [4.78, 5) is 5.32. The maximum absolute atomic E-state index is 7.23. The van der Waals surface area contributed by atoms with E-state index in [1.807, 2.05) is 0 Å². The molecule has 7 aromatic rings. The van der Waals surface area contributed by atoms with Crippen molar-refractivity contribution in [2.75, 3.05) is 9.80 Å². The third-order valence-electron chi connectivity index (χ3n) is 16.6. The first kappa shape index (κ1) is 42.4. The van der Waals surface area contributed by atoms with E-state index in [0.29, 0.717) is 0 Å². The molecule has 4 aliphatic rings. The molecule has 0 atom stereocenters. The molecule has 0 spiro atoms. The lowest BCUT2D eigenvalue weighted by atomic mass is 9.33. The second-order valence-electron chi connectivity index (χ2n) is 25.4. The van der Waals surface area contributed by atoms with Crippen molar-refractivity contribution in [2.24, 2.45) is 0 Å². The van der Waals surface area contributed by atoms with Crippen LogP contribution in [0.1, 0.15) is 161 Å². The highest BCUT2D eigenvalue weighted by atomic mass is 16.3. The molecule has 3 nitrogen and oxygen atoms in total. The van der Waals surface area contributed by atoms with Crippen LogP contribution >= 0.6 is 0 Å². The van der Waals surface area contributed by atoms with Crippen molar-refractivity contribution < 1.29 is 4.42 Å². The Labute approximate surface area is 389 Å². The van der Waals surface area contributed by atoms with Crippen LogP contribution in [0.2, 0.25) is 0 Å². The predicted octanol–water partition coefficient (Wildman–Crippen LogP) is 15.2. The predicted molar refractivity (Wildman–Crippen MR) is 281 cm³/mol. The van der Waals surface area contributed by atoms with Crippen molar-refractivity contribution in [1.82, 2.24) is 0 Å². The number of fused-ring (bicyclic) bond motifs is 10. The molecule has 0 fully saturated rings. The van der Waals surface area contributed by atoms with E-state index in [2.05, 4.69) is 212 Å². The monoisotopic (exact) mass is 857 g/mol. The number of nitrogens with zero attached hydrogens (tertiary/aromatic N) is 2. The quantitative estimate of drug-likeness (QED) is 0.162. The highest BCUT2D eigenvalue weighted by Crippen LogP contribution is 2.55. The van der Waals surface area contributed by atoms with Crippen molar-refractivity contribution in [3.8, 4) is 0 Å². The van der Waals surface area contributed by atoms with Crippen LogP contribution in [0.4, 0.5) is 34.1 Å². The zero-order valence-corrected chi connectivity index (χ0v) is 42.2.